The van der Waals surface area contributed by atoms with Gasteiger partial charge in [-0.3, -0.25) is 9.59 Å². The second-order valence-corrected chi connectivity index (χ2v) is 7.59. The van der Waals surface area contributed by atoms with Gasteiger partial charge in [0.25, 0.3) is 5.91 Å². The summed E-state index contributed by atoms with van der Waals surface area (Å²) in [7, 11) is 0. The van der Waals surface area contributed by atoms with Gasteiger partial charge in [0.15, 0.2) is 0 Å². The number of hydrogen-bond acceptors (Lipinski definition) is 3. The zero-order chi connectivity index (χ0) is 21.1. The highest BCUT2D eigenvalue weighted by atomic mass is 16.3. The quantitative estimate of drug-likeness (QED) is 0.597. The van der Waals surface area contributed by atoms with Crippen LogP contribution in [-0.2, 0) is 11.2 Å². The Bertz CT molecular complexity index is 1120. The van der Waals surface area contributed by atoms with E-state index in [9.17, 15) is 9.59 Å². The first-order valence-corrected chi connectivity index (χ1v) is 10.5. The van der Waals surface area contributed by atoms with Gasteiger partial charge >= 0.3 is 0 Å². The molecule has 1 N–H and O–H groups in total. The van der Waals surface area contributed by atoms with Gasteiger partial charge in [-0.15, -0.1) is 0 Å². The number of likely N-dealkylation sites (tertiary alicyclic amines) is 1. The summed E-state index contributed by atoms with van der Waals surface area (Å²) in [6.07, 6.45) is 6.16. The molecule has 1 aromatic heterocycles. The molecule has 2 amide bonds. The first-order valence-electron chi connectivity index (χ1n) is 10.5. The van der Waals surface area contributed by atoms with E-state index in [1.165, 1.54) is 6.08 Å². The van der Waals surface area contributed by atoms with Crippen molar-refractivity contribution >= 4 is 34.5 Å². The van der Waals surface area contributed by atoms with Crippen molar-refractivity contribution in [2.24, 2.45) is 0 Å². The number of anilines is 1. The number of carbonyl (C=O) groups is 2. The molecular formula is C25H26N2O3. The molecule has 1 saturated heterocycles. The summed E-state index contributed by atoms with van der Waals surface area (Å²) in [5, 5.41) is 3.91. The molecule has 0 bridgehead atoms. The Morgan fingerprint density at radius 3 is 2.63 bits per heavy atom. The SMILES string of the molecule is CCc1oc2ccccc2c1/C=C/C(=O)Nc1cccc(C(=O)N2CCCC2)c1C. The van der Waals surface area contributed by atoms with Crippen LogP contribution in [0.15, 0.2) is 53.0 Å². The number of amides is 2. The van der Waals surface area contributed by atoms with E-state index < -0.39 is 0 Å². The van der Waals surface area contributed by atoms with Crippen LogP contribution in [0.2, 0.25) is 0 Å². The molecule has 2 aromatic carbocycles. The average molecular weight is 402 g/mol. The van der Waals surface area contributed by atoms with E-state index in [4.69, 9.17) is 4.42 Å². The van der Waals surface area contributed by atoms with Crippen LogP contribution in [0.25, 0.3) is 17.0 Å². The summed E-state index contributed by atoms with van der Waals surface area (Å²) in [6.45, 7) is 5.51. The minimum atomic E-state index is -0.240. The summed E-state index contributed by atoms with van der Waals surface area (Å²) in [6, 6.07) is 13.3. The predicted octanol–water partition coefficient (Wildman–Crippen LogP) is 5.19. The fraction of sp³-hybridized carbons (Fsp3) is 0.280. The van der Waals surface area contributed by atoms with E-state index in [1.54, 1.807) is 6.08 Å². The molecule has 1 aliphatic heterocycles. The molecule has 0 spiro atoms. The number of carbonyl (C=O) groups excluding carboxylic acids is 2. The minimum Gasteiger partial charge on any atom is -0.460 e. The van der Waals surface area contributed by atoms with Gasteiger partial charge in [0.2, 0.25) is 5.91 Å². The van der Waals surface area contributed by atoms with Crippen molar-refractivity contribution in [3.63, 3.8) is 0 Å². The first kappa shape index (κ1) is 20.0. The molecule has 0 aliphatic carbocycles. The number of hydrogen-bond donors (Lipinski definition) is 1. The van der Waals surface area contributed by atoms with E-state index in [0.29, 0.717) is 11.3 Å². The van der Waals surface area contributed by atoms with Gasteiger partial charge in [0.05, 0.1) is 0 Å². The minimum absolute atomic E-state index is 0.0362. The van der Waals surface area contributed by atoms with Crippen LogP contribution in [0.1, 0.15) is 47.0 Å². The van der Waals surface area contributed by atoms with E-state index in [1.807, 2.05) is 61.2 Å². The molecule has 30 heavy (non-hydrogen) atoms. The maximum atomic E-state index is 12.8. The highest BCUT2D eigenvalue weighted by Crippen LogP contribution is 2.27. The summed E-state index contributed by atoms with van der Waals surface area (Å²) in [5.74, 6) is 0.653. The Morgan fingerprint density at radius 2 is 1.87 bits per heavy atom. The number of aryl methyl sites for hydroxylation is 1. The van der Waals surface area contributed by atoms with E-state index in [0.717, 1.165) is 60.2 Å². The molecule has 0 saturated carbocycles. The fourth-order valence-electron chi connectivity index (χ4n) is 3.99. The lowest BCUT2D eigenvalue weighted by molar-refractivity contribution is -0.111. The lowest BCUT2D eigenvalue weighted by atomic mass is 10.1. The Morgan fingerprint density at radius 1 is 1.10 bits per heavy atom. The molecule has 1 fully saturated rings. The molecule has 4 rings (SSSR count). The largest absolute Gasteiger partial charge is 0.460 e. The van der Waals surface area contributed by atoms with Gasteiger partial charge in [-0.05, 0) is 49.6 Å². The monoisotopic (exact) mass is 402 g/mol. The molecule has 154 valence electrons. The van der Waals surface area contributed by atoms with Gasteiger partial charge in [-0.25, -0.2) is 0 Å². The van der Waals surface area contributed by atoms with Crippen molar-refractivity contribution in [2.75, 3.05) is 18.4 Å². The van der Waals surface area contributed by atoms with Crippen molar-refractivity contribution in [1.29, 1.82) is 0 Å². The highest BCUT2D eigenvalue weighted by molar-refractivity contribution is 6.05. The summed E-state index contributed by atoms with van der Waals surface area (Å²) in [5.41, 5.74) is 3.84. The zero-order valence-electron chi connectivity index (χ0n) is 17.4. The van der Waals surface area contributed by atoms with Crippen molar-refractivity contribution in [1.82, 2.24) is 4.90 Å². The van der Waals surface area contributed by atoms with Crippen LogP contribution in [-0.4, -0.2) is 29.8 Å². The van der Waals surface area contributed by atoms with E-state index >= 15 is 0 Å². The normalized spacial score (nSPS) is 14.0. The van der Waals surface area contributed by atoms with Crippen LogP contribution in [0.4, 0.5) is 5.69 Å². The number of nitrogens with one attached hydrogen (secondary N) is 1. The molecule has 3 aromatic rings. The van der Waals surface area contributed by atoms with Gasteiger partial charge in [-0.1, -0.05) is 31.2 Å². The molecule has 1 aliphatic rings. The van der Waals surface area contributed by atoms with Crippen LogP contribution < -0.4 is 5.32 Å². The second kappa shape index (κ2) is 8.57. The van der Waals surface area contributed by atoms with Crippen molar-refractivity contribution < 1.29 is 14.0 Å². The number of benzene rings is 2. The number of furan rings is 1. The summed E-state index contributed by atoms with van der Waals surface area (Å²) in [4.78, 5) is 27.3. The van der Waals surface area contributed by atoms with Crippen LogP contribution in [0, 0.1) is 6.92 Å². The second-order valence-electron chi connectivity index (χ2n) is 7.59. The van der Waals surface area contributed by atoms with Crippen LogP contribution in [0.5, 0.6) is 0 Å². The third-order valence-electron chi connectivity index (χ3n) is 5.65. The molecule has 0 atom stereocenters. The maximum Gasteiger partial charge on any atom is 0.254 e. The molecule has 0 radical (unpaired) electrons. The maximum absolute atomic E-state index is 12.8. The fourth-order valence-corrected chi connectivity index (χ4v) is 3.99. The average Bonchev–Trinajstić information content (AvgIpc) is 3.41. The third kappa shape index (κ3) is 3.88. The standard InChI is InChI=1S/C25H26N2O3/c1-3-22-20(19-9-4-5-12-23(19)30-22)13-14-24(28)26-21-11-8-10-18(17(21)2)25(29)27-15-6-7-16-27/h4-5,8-14H,3,6-7,15-16H2,1-2H3,(H,26,28)/b14-13+. The van der Waals surface area contributed by atoms with Gasteiger partial charge in [-0.2, -0.15) is 0 Å². The van der Waals surface area contributed by atoms with Crippen molar-refractivity contribution in [2.45, 2.75) is 33.1 Å². The predicted molar refractivity (Wildman–Crippen MR) is 120 cm³/mol. The van der Waals surface area contributed by atoms with E-state index in [-0.39, 0.29) is 11.8 Å². The van der Waals surface area contributed by atoms with Crippen LogP contribution in [0.3, 0.4) is 0 Å². The molecule has 2 heterocycles. The molecule has 0 unspecified atom stereocenters. The lowest BCUT2D eigenvalue weighted by Crippen LogP contribution is -2.28. The Hall–Kier alpha value is -3.34. The first-order chi connectivity index (χ1) is 14.6. The summed E-state index contributed by atoms with van der Waals surface area (Å²) < 4.78 is 5.88. The van der Waals surface area contributed by atoms with Crippen molar-refractivity contribution in [3.8, 4) is 0 Å². The number of nitrogens with zero attached hydrogens (tertiary/aromatic N) is 1. The lowest BCUT2D eigenvalue weighted by Gasteiger charge is -2.18. The number of para-hydroxylation sites is 1. The zero-order valence-corrected chi connectivity index (χ0v) is 17.4. The summed E-state index contributed by atoms with van der Waals surface area (Å²) >= 11 is 0. The molecule has 5 nitrogen and oxygen atoms in total. The highest BCUT2D eigenvalue weighted by Gasteiger charge is 2.22. The number of rotatable bonds is 5. The topological polar surface area (TPSA) is 62.6 Å². The third-order valence-corrected chi connectivity index (χ3v) is 5.65. The van der Waals surface area contributed by atoms with Gasteiger partial charge < -0.3 is 14.6 Å². The van der Waals surface area contributed by atoms with E-state index in [2.05, 4.69) is 5.32 Å². The molecular weight excluding hydrogens is 376 g/mol. The Kier molecular flexibility index (Phi) is 5.70. The van der Waals surface area contributed by atoms with Gasteiger partial charge in [0.1, 0.15) is 11.3 Å². The Labute approximate surface area is 176 Å². The van der Waals surface area contributed by atoms with Crippen LogP contribution >= 0.6 is 0 Å². The molecule has 5 heteroatoms. The van der Waals surface area contributed by atoms with Gasteiger partial charge in [0, 0.05) is 47.8 Å². The Balaban J connectivity index is 1.54. The number of fused-ring (bicyclic) bond motifs is 1. The van der Waals surface area contributed by atoms with Crippen molar-refractivity contribution in [3.05, 3.63) is 71.0 Å². The smallest absolute Gasteiger partial charge is 0.254 e.